The molecule has 0 spiro atoms. The van der Waals surface area contributed by atoms with Crippen LogP contribution in [-0.4, -0.2) is 78.2 Å². The highest BCUT2D eigenvalue weighted by Crippen LogP contribution is 2.41. The van der Waals surface area contributed by atoms with Crippen molar-refractivity contribution < 1.29 is 24.3 Å². The predicted molar refractivity (Wildman–Crippen MR) is 128 cm³/mol. The molecule has 0 radical (unpaired) electrons. The molecule has 0 bridgehead atoms. The number of carboxylic acids is 1. The molecule has 15 nitrogen and oxygen atoms in total. The normalized spacial score (nSPS) is 19.6. The van der Waals surface area contributed by atoms with Crippen LogP contribution >= 0.6 is 34.9 Å². The smallest absolute Gasteiger partial charge is 0.339 e. The Morgan fingerprint density at radius 1 is 1.42 bits per heavy atom. The first-order valence-corrected chi connectivity index (χ1v) is 12.8. The zero-order valence-electron chi connectivity index (χ0n) is 18.5. The summed E-state index contributed by atoms with van der Waals surface area (Å²) >= 11 is 3.26. The Hall–Kier alpha value is -3.64. The van der Waals surface area contributed by atoms with Gasteiger partial charge in [-0.1, -0.05) is 28.3 Å². The van der Waals surface area contributed by atoms with Crippen molar-refractivity contribution in [3.05, 3.63) is 43.1 Å². The Balaban J connectivity index is 1.51. The predicted octanol–water partition coefficient (Wildman–Crippen LogP) is -2.95. The van der Waals surface area contributed by atoms with E-state index < -0.39 is 40.3 Å². The molecule has 190 valence electrons. The van der Waals surface area contributed by atoms with Crippen LogP contribution in [-0.2, 0) is 26.3 Å². The lowest BCUT2D eigenvalue weighted by Gasteiger charge is -2.50. The number of hydrogen-bond acceptors (Lipinski definition) is 14. The number of aromatic amines is 1. The summed E-state index contributed by atoms with van der Waals surface area (Å²) in [6, 6.07) is -1.01. The summed E-state index contributed by atoms with van der Waals surface area (Å²) in [5.74, 6) is -2.65. The van der Waals surface area contributed by atoms with E-state index in [-0.39, 0.29) is 33.2 Å². The zero-order chi connectivity index (χ0) is 26.1. The number of carbonyl (C=O) groups is 3. The van der Waals surface area contributed by atoms with Crippen LogP contribution in [0.4, 0.5) is 5.13 Å². The van der Waals surface area contributed by atoms with E-state index in [9.17, 15) is 29.1 Å². The molecule has 1 fully saturated rings. The maximum atomic E-state index is 12.9. The Labute approximate surface area is 213 Å². The van der Waals surface area contributed by atoms with E-state index in [4.69, 9.17) is 10.6 Å². The number of nitrogen functional groups attached to an aromatic ring is 1. The molecule has 18 heteroatoms. The lowest BCUT2D eigenvalue weighted by molar-refractivity contribution is -0.301. The van der Waals surface area contributed by atoms with Crippen molar-refractivity contribution in [1.29, 1.82) is 0 Å². The average Bonchev–Trinajstić information content (AvgIpc) is 3.27. The van der Waals surface area contributed by atoms with Gasteiger partial charge < -0.3 is 25.8 Å². The number of aromatic nitrogens is 4. The van der Waals surface area contributed by atoms with Gasteiger partial charge in [-0.15, -0.1) is 11.8 Å². The minimum absolute atomic E-state index is 0.0631. The largest absolute Gasteiger partial charge is 0.543 e. The first-order valence-electron chi connectivity index (χ1n) is 9.94. The third kappa shape index (κ3) is 4.73. The van der Waals surface area contributed by atoms with E-state index in [1.807, 2.05) is 0 Å². The molecule has 2 amide bonds. The minimum atomic E-state index is -1.56. The number of anilines is 1. The molecule has 36 heavy (non-hydrogen) atoms. The average molecular weight is 554 g/mol. The van der Waals surface area contributed by atoms with Crippen LogP contribution in [0.1, 0.15) is 4.88 Å². The van der Waals surface area contributed by atoms with Crippen LogP contribution in [0.15, 0.2) is 37.4 Å². The topological polar surface area (TPSA) is 218 Å². The number of nitrogens with one attached hydrogen (secondary N) is 2. The summed E-state index contributed by atoms with van der Waals surface area (Å²) in [4.78, 5) is 74.2. The monoisotopic (exact) mass is 553 g/mol. The standard InChI is InChI=1S/C18H18N8O7S3/c1-25-18(22-12(28)13(29)23-25)35-5-6-4-34-15-9(14(30)26(15)10(6)16(31)32)21-11(27)8(24-33-2)7-3-20-17(19)36-7/h3,9,15H,4-5H2,1-2H3,(H2,19,20)(H,21,27)(H,23,29)(H,31,32)/p-1/b24-8-/t9-,15?/m1/s1. The molecule has 4 heterocycles. The number of hydrogen-bond donors (Lipinski definition) is 3. The number of aryl methyl sites for hydroxylation is 1. The molecule has 0 aliphatic carbocycles. The molecule has 2 aliphatic heterocycles. The quantitative estimate of drug-likeness (QED) is 0.0983. The maximum Gasteiger partial charge on any atom is 0.339 e. The molecule has 4 rings (SSSR count). The Morgan fingerprint density at radius 2 is 2.17 bits per heavy atom. The molecule has 0 saturated carbocycles. The van der Waals surface area contributed by atoms with Crippen LogP contribution in [0.5, 0.6) is 0 Å². The number of H-pyrrole nitrogens is 1. The maximum absolute atomic E-state index is 12.9. The van der Waals surface area contributed by atoms with Gasteiger partial charge in [-0.2, -0.15) is 4.98 Å². The van der Waals surface area contributed by atoms with Gasteiger partial charge in [-0.25, -0.2) is 4.98 Å². The molecule has 2 aliphatic rings. The van der Waals surface area contributed by atoms with Crippen molar-refractivity contribution >= 4 is 63.5 Å². The number of aliphatic carboxylic acids is 1. The van der Waals surface area contributed by atoms with Crippen molar-refractivity contribution in [2.75, 3.05) is 24.3 Å². The van der Waals surface area contributed by atoms with Crippen molar-refractivity contribution in [2.45, 2.75) is 16.6 Å². The number of thioether (sulfide) groups is 2. The number of nitrogens with zero attached hydrogens (tertiary/aromatic N) is 5. The van der Waals surface area contributed by atoms with E-state index in [1.54, 1.807) is 0 Å². The van der Waals surface area contributed by atoms with Gasteiger partial charge in [0.15, 0.2) is 16.0 Å². The van der Waals surface area contributed by atoms with E-state index in [0.717, 1.165) is 28.0 Å². The molecule has 1 saturated heterocycles. The highest BCUT2D eigenvalue weighted by molar-refractivity contribution is 8.01. The van der Waals surface area contributed by atoms with Crippen LogP contribution in [0, 0.1) is 0 Å². The van der Waals surface area contributed by atoms with E-state index >= 15 is 0 Å². The second-order valence-corrected chi connectivity index (χ2v) is 10.4. The molecular formula is C18H17N8O7S3-. The number of thiazole rings is 1. The molecule has 2 aromatic rings. The van der Waals surface area contributed by atoms with Crippen LogP contribution in [0.3, 0.4) is 0 Å². The van der Waals surface area contributed by atoms with E-state index in [0.29, 0.717) is 10.5 Å². The fourth-order valence-corrected chi connectivity index (χ4v) is 6.49. The summed E-state index contributed by atoms with van der Waals surface area (Å²) in [7, 11) is 2.73. The fraction of sp³-hybridized carbons (Fsp3) is 0.333. The number of carbonyl (C=O) groups excluding carboxylic acids is 3. The van der Waals surface area contributed by atoms with Crippen LogP contribution in [0.2, 0.25) is 0 Å². The van der Waals surface area contributed by atoms with Gasteiger partial charge in [0.05, 0.1) is 16.5 Å². The van der Waals surface area contributed by atoms with Gasteiger partial charge in [0.25, 0.3) is 11.8 Å². The molecule has 1 unspecified atom stereocenters. The first kappa shape index (κ1) is 25.5. The fourth-order valence-electron chi connectivity index (χ4n) is 3.42. The summed E-state index contributed by atoms with van der Waals surface area (Å²) in [6.07, 6.45) is 1.34. The SMILES string of the molecule is CO/N=C(\C(=O)N[C@@H]1C(=O)N2C(C(=O)[O-])=C(CSc3nc(=O)c(=O)[nH]n3C)CSC12)c1cnc(N)s1. The number of oxime groups is 1. The highest BCUT2D eigenvalue weighted by atomic mass is 32.2. The molecule has 2 atom stereocenters. The van der Waals surface area contributed by atoms with Crippen LogP contribution in [0.25, 0.3) is 0 Å². The number of rotatable bonds is 8. The van der Waals surface area contributed by atoms with Crippen molar-refractivity contribution in [1.82, 2.24) is 30.0 Å². The van der Waals surface area contributed by atoms with Gasteiger partial charge in [0.1, 0.15) is 18.5 Å². The van der Waals surface area contributed by atoms with Crippen LogP contribution < -0.4 is 27.3 Å². The van der Waals surface area contributed by atoms with Gasteiger partial charge >= 0.3 is 11.1 Å². The first-order chi connectivity index (χ1) is 17.1. The number of carboxylic acid groups (broad SMARTS) is 1. The lowest BCUT2D eigenvalue weighted by Crippen LogP contribution is -2.71. The Bertz CT molecular complexity index is 1430. The highest BCUT2D eigenvalue weighted by Gasteiger charge is 2.53. The second kappa shape index (κ2) is 10.2. The molecular weight excluding hydrogens is 536 g/mol. The Kier molecular flexibility index (Phi) is 7.18. The van der Waals surface area contributed by atoms with E-state index in [2.05, 4.69) is 25.5 Å². The zero-order valence-corrected chi connectivity index (χ0v) is 21.0. The number of amides is 2. The summed E-state index contributed by atoms with van der Waals surface area (Å²) < 4.78 is 1.24. The lowest BCUT2D eigenvalue weighted by atomic mass is 10.0. The van der Waals surface area contributed by atoms with Gasteiger partial charge in [-0.05, 0) is 5.57 Å². The second-order valence-electron chi connectivity index (χ2n) is 7.27. The number of nitrogens with two attached hydrogens (primary N) is 1. The number of fused-ring (bicyclic) bond motifs is 1. The van der Waals surface area contributed by atoms with Crippen molar-refractivity contribution in [3.8, 4) is 0 Å². The van der Waals surface area contributed by atoms with Gasteiger partial charge in [0, 0.05) is 24.8 Å². The molecule has 4 N–H and O–H groups in total. The summed E-state index contributed by atoms with van der Waals surface area (Å²) in [6.45, 7) is 0. The van der Waals surface area contributed by atoms with Gasteiger partial charge in [-0.3, -0.25) is 33.9 Å². The number of β-lactam (4-membered cyclic amide) rings is 1. The summed E-state index contributed by atoms with van der Waals surface area (Å²) in [5.41, 5.74) is 3.67. The third-order valence-corrected chi connectivity index (χ3v) is 8.29. The summed E-state index contributed by atoms with van der Waals surface area (Å²) in [5, 5.41) is 20.2. The van der Waals surface area contributed by atoms with Crippen molar-refractivity contribution in [3.63, 3.8) is 0 Å². The third-order valence-electron chi connectivity index (χ3n) is 5.00. The van der Waals surface area contributed by atoms with Gasteiger partial charge in [0.2, 0.25) is 0 Å². The molecule has 0 aromatic carbocycles. The Morgan fingerprint density at radius 3 is 2.81 bits per heavy atom. The van der Waals surface area contributed by atoms with Crippen molar-refractivity contribution in [2.24, 2.45) is 12.2 Å². The molecule has 2 aromatic heterocycles. The minimum Gasteiger partial charge on any atom is -0.543 e. The van der Waals surface area contributed by atoms with E-state index in [1.165, 1.54) is 36.8 Å².